The fourth-order valence-corrected chi connectivity index (χ4v) is 1.64. The second-order valence-corrected chi connectivity index (χ2v) is 3.95. The van der Waals surface area contributed by atoms with Crippen molar-refractivity contribution >= 4 is 33.4 Å². The first-order valence-electron chi connectivity index (χ1n) is 4.67. The van der Waals surface area contributed by atoms with Gasteiger partial charge in [-0.05, 0) is 18.2 Å². The Labute approximate surface area is 102 Å². The molecule has 0 aliphatic heterocycles. The van der Waals surface area contributed by atoms with E-state index in [4.69, 9.17) is 5.73 Å². The van der Waals surface area contributed by atoms with Gasteiger partial charge in [-0.1, -0.05) is 15.9 Å². The second-order valence-electron chi connectivity index (χ2n) is 3.16. The summed E-state index contributed by atoms with van der Waals surface area (Å²) in [6.45, 7) is 0. The van der Waals surface area contributed by atoms with Crippen LogP contribution in [0.1, 0.15) is 27.1 Å². The highest BCUT2D eigenvalue weighted by Gasteiger charge is 2.12. The van der Waals surface area contributed by atoms with E-state index >= 15 is 0 Å². The lowest BCUT2D eigenvalue weighted by Crippen LogP contribution is -2.07. The number of carbonyl (C=O) groups is 2. The van der Waals surface area contributed by atoms with E-state index < -0.39 is 5.97 Å². The van der Waals surface area contributed by atoms with E-state index in [0.29, 0.717) is 28.6 Å². The van der Waals surface area contributed by atoms with Crippen LogP contribution in [0, 0.1) is 0 Å². The fraction of sp³-hybridized carbons (Fsp3) is 0.273. The van der Waals surface area contributed by atoms with Crippen molar-refractivity contribution < 1.29 is 14.3 Å². The monoisotopic (exact) mass is 285 g/mol. The van der Waals surface area contributed by atoms with Crippen LogP contribution in [-0.2, 0) is 4.74 Å². The number of ketones is 1. The normalized spacial score (nSPS) is 9.88. The number of esters is 1. The molecule has 0 bridgehead atoms. The Balaban J connectivity index is 3.00. The number of benzene rings is 1. The number of hydrogen-bond donors (Lipinski definition) is 1. The van der Waals surface area contributed by atoms with E-state index in [9.17, 15) is 9.59 Å². The fourth-order valence-electron chi connectivity index (χ4n) is 1.28. The van der Waals surface area contributed by atoms with Crippen molar-refractivity contribution in [2.45, 2.75) is 6.42 Å². The molecule has 0 aromatic heterocycles. The Bertz CT molecular complexity index is 418. The molecule has 0 amide bonds. The van der Waals surface area contributed by atoms with Gasteiger partial charge in [0.05, 0.1) is 12.7 Å². The highest BCUT2D eigenvalue weighted by molar-refractivity contribution is 9.09. The summed E-state index contributed by atoms with van der Waals surface area (Å²) in [6, 6.07) is 4.53. The van der Waals surface area contributed by atoms with E-state index in [1.165, 1.54) is 19.2 Å². The summed E-state index contributed by atoms with van der Waals surface area (Å²) in [4.78, 5) is 22.8. The molecule has 0 aliphatic rings. The molecule has 1 aromatic carbocycles. The molecule has 0 spiro atoms. The van der Waals surface area contributed by atoms with Crippen LogP contribution in [0.2, 0.25) is 0 Å². The summed E-state index contributed by atoms with van der Waals surface area (Å²) in [5.41, 5.74) is 6.78. The standard InChI is InChI=1S/C11H12BrNO3/c1-16-11(15)7-2-3-8(9(13)6-7)10(14)4-5-12/h2-3,6H,4-5,13H2,1H3. The van der Waals surface area contributed by atoms with Gasteiger partial charge in [0.1, 0.15) is 0 Å². The van der Waals surface area contributed by atoms with Gasteiger partial charge < -0.3 is 10.5 Å². The molecular formula is C11H12BrNO3. The predicted octanol–water partition coefficient (Wildman–Crippen LogP) is 2.02. The Hall–Kier alpha value is -1.36. The van der Waals surface area contributed by atoms with Crippen LogP contribution in [0.5, 0.6) is 0 Å². The van der Waals surface area contributed by atoms with E-state index in [-0.39, 0.29) is 5.78 Å². The molecular weight excluding hydrogens is 274 g/mol. The van der Waals surface area contributed by atoms with Crippen LogP contribution in [0.25, 0.3) is 0 Å². The zero-order chi connectivity index (χ0) is 12.1. The zero-order valence-corrected chi connectivity index (χ0v) is 10.4. The van der Waals surface area contributed by atoms with Crippen molar-refractivity contribution in [1.29, 1.82) is 0 Å². The quantitative estimate of drug-likeness (QED) is 0.398. The Kier molecular flexibility index (Phi) is 4.49. The van der Waals surface area contributed by atoms with Gasteiger partial charge in [-0.15, -0.1) is 0 Å². The molecule has 0 radical (unpaired) electrons. The van der Waals surface area contributed by atoms with Crippen LogP contribution in [0.15, 0.2) is 18.2 Å². The summed E-state index contributed by atoms with van der Waals surface area (Å²) >= 11 is 3.18. The smallest absolute Gasteiger partial charge is 0.337 e. The first-order chi connectivity index (χ1) is 7.60. The Morgan fingerprint density at radius 1 is 1.44 bits per heavy atom. The molecule has 0 unspecified atom stereocenters. The van der Waals surface area contributed by atoms with Gasteiger partial charge in [0.25, 0.3) is 0 Å². The average molecular weight is 286 g/mol. The molecule has 0 heterocycles. The van der Waals surface area contributed by atoms with Crippen molar-refractivity contribution in [3.8, 4) is 0 Å². The van der Waals surface area contributed by atoms with Crippen LogP contribution < -0.4 is 5.73 Å². The first kappa shape index (κ1) is 12.7. The molecule has 4 nitrogen and oxygen atoms in total. The minimum Gasteiger partial charge on any atom is -0.465 e. The van der Waals surface area contributed by atoms with Crippen LogP contribution in [0.4, 0.5) is 5.69 Å². The number of ether oxygens (including phenoxy) is 1. The molecule has 86 valence electrons. The summed E-state index contributed by atoms with van der Waals surface area (Å²) < 4.78 is 4.55. The van der Waals surface area contributed by atoms with Gasteiger partial charge in [-0.3, -0.25) is 4.79 Å². The third kappa shape index (κ3) is 2.82. The van der Waals surface area contributed by atoms with E-state index in [2.05, 4.69) is 20.7 Å². The number of nitrogens with two attached hydrogens (primary N) is 1. The summed E-state index contributed by atoms with van der Waals surface area (Å²) in [5, 5.41) is 0.587. The van der Waals surface area contributed by atoms with Crippen molar-refractivity contribution in [2.75, 3.05) is 18.2 Å². The number of carbonyl (C=O) groups excluding carboxylic acids is 2. The van der Waals surface area contributed by atoms with Crippen LogP contribution >= 0.6 is 15.9 Å². The summed E-state index contributed by atoms with van der Waals surface area (Å²) in [5.74, 6) is -0.517. The predicted molar refractivity (Wildman–Crippen MR) is 64.9 cm³/mol. The maximum Gasteiger partial charge on any atom is 0.337 e. The Morgan fingerprint density at radius 3 is 2.62 bits per heavy atom. The first-order valence-corrected chi connectivity index (χ1v) is 5.79. The highest BCUT2D eigenvalue weighted by atomic mass is 79.9. The third-order valence-electron chi connectivity index (χ3n) is 2.09. The van der Waals surface area contributed by atoms with Crippen molar-refractivity contribution in [3.05, 3.63) is 29.3 Å². The number of rotatable bonds is 4. The minimum atomic E-state index is -0.466. The summed E-state index contributed by atoms with van der Waals surface area (Å²) in [7, 11) is 1.29. The Morgan fingerprint density at radius 2 is 2.12 bits per heavy atom. The molecule has 1 aromatic rings. The SMILES string of the molecule is COC(=O)c1ccc(C(=O)CCBr)c(N)c1. The lowest BCUT2D eigenvalue weighted by molar-refractivity contribution is 0.0600. The number of alkyl halides is 1. The number of Topliss-reactive ketones (excluding diaryl/α,β-unsaturated/α-hetero) is 1. The molecule has 5 heteroatoms. The molecule has 1 rings (SSSR count). The number of halogens is 1. The molecule has 2 N–H and O–H groups in total. The third-order valence-corrected chi connectivity index (χ3v) is 2.49. The van der Waals surface area contributed by atoms with Crippen molar-refractivity contribution in [1.82, 2.24) is 0 Å². The number of methoxy groups -OCH3 is 1. The molecule has 0 aliphatic carbocycles. The van der Waals surface area contributed by atoms with Gasteiger partial charge in [0, 0.05) is 23.0 Å². The van der Waals surface area contributed by atoms with Gasteiger partial charge in [-0.2, -0.15) is 0 Å². The maximum absolute atomic E-state index is 11.6. The minimum absolute atomic E-state index is 0.0502. The van der Waals surface area contributed by atoms with Crippen molar-refractivity contribution in [3.63, 3.8) is 0 Å². The molecule has 0 fully saturated rings. The number of nitrogen functional groups attached to an aromatic ring is 1. The largest absolute Gasteiger partial charge is 0.465 e. The summed E-state index contributed by atoms with van der Waals surface area (Å²) in [6.07, 6.45) is 0.377. The molecule has 0 saturated heterocycles. The topological polar surface area (TPSA) is 69.4 Å². The lowest BCUT2D eigenvalue weighted by atomic mass is 10.0. The molecule has 0 saturated carbocycles. The van der Waals surface area contributed by atoms with Gasteiger partial charge in [0.2, 0.25) is 0 Å². The van der Waals surface area contributed by atoms with E-state index in [1.807, 2.05) is 0 Å². The van der Waals surface area contributed by atoms with Crippen LogP contribution in [-0.4, -0.2) is 24.2 Å². The van der Waals surface area contributed by atoms with E-state index in [0.717, 1.165) is 0 Å². The number of anilines is 1. The highest BCUT2D eigenvalue weighted by Crippen LogP contribution is 2.17. The van der Waals surface area contributed by atoms with Gasteiger partial charge in [0.15, 0.2) is 5.78 Å². The number of hydrogen-bond acceptors (Lipinski definition) is 4. The molecule has 16 heavy (non-hydrogen) atoms. The molecule has 0 atom stereocenters. The lowest BCUT2D eigenvalue weighted by Gasteiger charge is -2.05. The van der Waals surface area contributed by atoms with Crippen LogP contribution in [0.3, 0.4) is 0 Å². The zero-order valence-electron chi connectivity index (χ0n) is 8.83. The van der Waals surface area contributed by atoms with Gasteiger partial charge >= 0.3 is 5.97 Å². The van der Waals surface area contributed by atoms with E-state index in [1.54, 1.807) is 6.07 Å². The van der Waals surface area contributed by atoms with Gasteiger partial charge in [-0.25, -0.2) is 4.79 Å². The average Bonchev–Trinajstić information content (AvgIpc) is 2.28. The maximum atomic E-state index is 11.6. The van der Waals surface area contributed by atoms with Crippen molar-refractivity contribution in [2.24, 2.45) is 0 Å². The second kappa shape index (κ2) is 5.65.